The summed E-state index contributed by atoms with van der Waals surface area (Å²) in [5, 5.41) is 10.1. The zero-order chi connectivity index (χ0) is 14.4. The zero-order valence-corrected chi connectivity index (χ0v) is 11.9. The van der Waals surface area contributed by atoms with E-state index in [-0.39, 0.29) is 6.61 Å². The molecule has 0 spiro atoms. The van der Waals surface area contributed by atoms with Gasteiger partial charge in [-0.25, -0.2) is 0 Å². The summed E-state index contributed by atoms with van der Waals surface area (Å²) >= 11 is 0. The van der Waals surface area contributed by atoms with Gasteiger partial charge in [0.05, 0.1) is 7.11 Å². The van der Waals surface area contributed by atoms with Crippen LogP contribution in [0.1, 0.15) is 24.2 Å². The molecule has 0 aliphatic carbocycles. The second-order valence-corrected chi connectivity index (χ2v) is 4.60. The third-order valence-corrected chi connectivity index (χ3v) is 3.22. The Bertz CT molecular complexity index is 534. The summed E-state index contributed by atoms with van der Waals surface area (Å²) in [7, 11) is 1.61. The fraction of sp³-hybridized carbons (Fsp3) is 0.294. The molecule has 20 heavy (non-hydrogen) atoms. The highest BCUT2D eigenvalue weighted by Gasteiger charge is 2.09. The van der Waals surface area contributed by atoms with Crippen LogP contribution in [0.5, 0.6) is 11.5 Å². The highest BCUT2D eigenvalue weighted by atomic mass is 16.5. The summed E-state index contributed by atoms with van der Waals surface area (Å²) in [6.45, 7) is 2.33. The average molecular weight is 272 g/mol. The van der Waals surface area contributed by atoms with Crippen molar-refractivity contribution < 1.29 is 14.6 Å². The molecule has 0 aliphatic heterocycles. The Kier molecular flexibility index (Phi) is 5.02. The molecule has 3 heteroatoms. The molecule has 2 rings (SSSR count). The molecule has 0 fully saturated rings. The van der Waals surface area contributed by atoms with Gasteiger partial charge in [-0.15, -0.1) is 0 Å². The first-order valence-corrected chi connectivity index (χ1v) is 6.76. The van der Waals surface area contributed by atoms with E-state index in [0.29, 0.717) is 0 Å². The van der Waals surface area contributed by atoms with Crippen LogP contribution in [-0.4, -0.2) is 18.8 Å². The molecule has 2 aromatic rings. The van der Waals surface area contributed by atoms with E-state index in [0.717, 1.165) is 23.5 Å². The van der Waals surface area contributed by atoms with Crippen molar-refractivity contribution in [3.63, 3.8) is 0 Å². The number of aliphatic hydroxyl groups is 1. The standard InChI is InChI=1S/C17H20O3/c1-3-13-7-9-15(10-8-13)20-12-17(18)14-5-4-6-16(11-14)19-2/h4-11,17-18H,3,12H2,1-2H3. The van der Waals surface area contributed by atoms with Gasteiger partial charge < -0.3 is 14.6 Å². The van der Waals surface area contributed by atoms with E-state index >= 15 is 0 Å². The molecule has 0 radical (unpaired) electrons. The van der Waals surface area contributed by atoms with Crippen molar-refractivity contribution in [2.24, 2.45) is 0 Å². The number of methoxy groups -OCH3 is 1. The van der Waals surface area contributed by atoms with Crippen LogP contribution in [0, 0.1) is 0 Å². The average Bonchev–Trinajstić information content (AvgIpc) is 2.53. The van der Waals surface area contributed by atoms with Crippen LogP contribution < -0.4 is 9.47 Å². The first kappa shape index (κ1) is 14.4. The molecule has 2 aromatic carbocycles. The topological polar surface area (TPSA) is 38.7 Å². The fourth-order valence-electron chi connectivity index (χ4n) is 1.94. The Morgan fingerprint density at radius 2 is 1.80 bits per heavy atom. The number of hydrogen-bond donors (Lipinski definition) is 1. The number of aliphatic hydroxyl groups excluding tert-OH is 1. The maximum absolute atomic E-state index is 10.1. The van der Waals surface area contributed by atoms with Crippen molar-refractivity contribution in [3.8, 4) is 11.5 Å². The third kappa shape index (κ3) is 3.75. The van der Waals surface area contributed by atoms with Crippen molar-refractivity contribution in [2.45, 2.75) is 19.4 Å². The van der Waals surface area contributed by atoms with E-state index in [1.54, 1.807) is 7.11 Å². The Labute approximate surface area is 119 Å². The quantitative estimate of drug-likeness (QED) is 0.876. The van der Waals surface area contributed by atoms with E-state index in [1.165, 1.54) is 5.56 Å². The van der Waals surface area contributed by atoms with Crippen molar-refractivity contribution in [3.05, 3.63) is 59.7 Å². The predicted octanol–water partition coefficient (Wildman–Crippen LogP) is 3.37. The van der Waals surface area contributed by atoms with Crippen molar-refractivity contribution >= 4 is 0 Å². The monoisotopic (exact) mass is 272 g/mol. The number of hydrogen-bond acceptors (Lipinski definition) is 3. The largest absolute Gasteiger partial charge is 0.497 e. The Morgan fingerprint density at radius 1 is 1.05 bits per heavy atom. The molecule has 0 saturated heterocycles. The number of rotatable bonds is 6. The fourth-order valence-corrected chi connectivity index (χ4v) is 1.94. The number of benzene rings is 2. The van der Waals surface area contributed by atoms with Gasteiger partial charge in [-0.2, -0.15) is 0 Å². The maximum Gasteiger partial charge on any atom is 0.119 e. The third-order valence-electron chi connectivity index (χ3n) is 3.22. The molecule has 1 unspecified atom stereocenters. The lowest BCUT2D eigenvalue weighted by Gasteiger charge is -2.13. The minimum absolute atomic E-state index is 0.221. The van der Waals surface area contributed by atoms with Crippen LogP contribution in [0.2, 0.25) is 0 Å². The molecule has 0 aliphatic rings. The van der Waals surface area contributed by atoms with E-state index in [4.69, 9.17) is 9.47 Å². The van der Waals surface area contributed by atoms with Gasteiger partial charge in [-0.3, -0.25) is 0 Å². The van der Waals surface area contributed by atoms with E-state index in [2.05, 4.69) is 6.92 Å². The van der Waals surface area contributed by atoms with Gasteiger partial charge in [0.2, 0.25) is 0 Å². The summed E-state index contributed by atoms with van der Waals surface area (Å²) in [6, 6.07) is 15.3. The second-order valence-electron chi connectivity index (χ2n) is 4.60. The first-order chi connectivity index (χ1) is 9.72. The summed E-state index contributed by atoms with van der Waals surface area (Å²) in [5.41, 5.74) is 2.06. The molecule has 1 atom stereocenters. The molecule has 0 amide bonds. The van der Waals surface area contributed by atoms with E-state index < -0.39 is 6.10 Å². The lowest BCUT2D eigenvalue weighted by atomic mass is 10.1. The lowest BCUT2D eigenvalue weighted by molar-refractivity contribution is 0.108. The van der Waals surface area contributed by atoms with Crippen LogP contribution in [0.3, 0.4) is 0 Å². The predicted molar refractivity (Wildman–Crippen MR) is 79.3 cm³/mol. The van der Waals surface area contributed by atoms with Gasteiger partial charge in [-0.1, -0.05) is 31.2 Å². The normalized spacial score (nSPS) is 11.9. The molecule has 106 valence electrons. The summed E-state index contributed by atoms with van der Waals surface area (Å²) in [4.78, 5) is 0. The van der Waals surface area contributed by atoms with Crippen molar-refractivity contribution in [1.82, 2.24) is 0 Å². The van der Waals surface area contributed by atoms with Crippen LogP contribution in [0.4, 0.5) is 0 Å². The minimum atomic E-state index is -0.670. The molecule has 0 heterocycles. The van der Waals surface area contributed by atoms with Gasteiger partial charge in [0.25, 0.3) is 0 Å². The van der Waals surface area contributed by atoms with Gasteiger partial charge in [0, 0.05) is 0 Å². The molecular formula is C17H20O3. The second kappa shape index (κ2) is 6.96. The van der Waals surface area contributed by atoms with Crippen LogP contribution >= 0.6 is 0 Å². The summed E-state index contributed by atoms with van der Waals surface area (Å²) in [6.07, 6.45) is 0.336. The number of ether oxygens (including phenoxy) is 2. The smallest absolute Gasteiger partial charge is 0.119 e. The molecule has 3 nitrogen and oxygen atoms in total. The van der Waals surface area contributed by atoms with Crippen LogP contribution in [0.15, 0.2) is 48.5 Å². The SMILES string of the molecule is CCc1ccc(OCC(O)c2cccc(OC)c2)cc1. The molecule has 0 saturated carbocycles. The summed E-state index contributed by atoms with van der Waals surface area (Å²) in [5.74, 6) is 1.50. The van der Waals surface area contributed by atoms with Gasteiger partial charge in [0.1, 0.15) is 24.2 Å². The van der Waals surface area contributed by atoms with E-state index in [9.17, 15) is 5.11 Å². The molecule has 1 N–H and O–H groups in total. The Balaban J connectivity index is 1.95. The Morgan fingerprint density at radius 3 is 2.45 bits per heavy atom. The summed E-state index contributed by atoms with van der Waals surface area (Å²) < 4.78 is 10.7. The van der Waals surface area contributed by atoms with Gasteiger partial charge in [-0.05, 0) is 41.8 Å². The van der Waals surface area contributed by atoms with Gasteiger partial charge >= 0.3 is 0 Å². The highest BCUT2D eigenvalue weighted by Crippen LogP contribution is 2.20. The van der Waals surface area contributed by atoms with E-state index in [1.807, 2.05) is 48.5 Å². The highest BCUT2D eigenvalue weighted by molar-refractivity contribution is 5.30. The first-order valence-electron chi connectivity index (χ1n) is 6.76. The molecular weight excluding hydrogens is 252 g/mol. The maximum atomic E-state index is 10.1. The van der Waals surface area contributed by atoms with Crippen molar-refractivity contribution in [2.75, 3.05) is 13.7 Å². The number of aryl methyl sites for hydroxylation is 1. The molecule has 0 bridgehead atoms. The molecule has 0 aromatic heterocycles. The zero-order valence-electron chi connectivity index (χ0n) is 11.9. The lowest BCUT2D eigenvalue weighted by Crippen LogP contribution is -2.09. The minimum Gasteiger partial charge on any atom is -0.497 e. The van der Waals surface area contributed by atoms with Crippen molar-refractivity contribution in [1.29, 1.82) is 0 Å². The van der Waals surface area contributed by atoms with Crippen LogP contribution in [0.25, 0.3) is 0 Å². The Hall–Kier alpha value is -2.00. The van der Waals surface area contributed by atoms with Gasteiger partial charge in [0.15, 0.2) is 0 Å². The van der Waals surface area contributed by atoms with Crippen LogP contribution in [-0.2, 0) is 6.42 Å².